The zero-order valence-corrected chi connectivity index (χ0v) is 10.3. The highest BCUT2D eigenvalue weighted by Gasteiger charge is 2.13. The van der Waals surface area contributed by atoms with Crippen molar-refractivity contribution in [2.45, 2.75) is 19.5 Å². The molecule has 4 nitrogen and oxygen atoms in total. The lowest BCUT2D eigenvalue weighted by Crippen LogP contribution is -2.28. The van der Waals surface area contributed by atoms with Gasteiger partial charge >= 0.3 is 0 Å². The Morgan fingerprint density at radius 1 is 1.22 bits per heavy atom. The first-order valence-corrected chi connectivity index (χ1v) is 6.07. The first-order valence-electron chi connectivity index (χ1n) is 6.07. The van der Waals surface area contributed by atoms with Crippen molar-refractivity contribution in [3.05, 3.63) is 42.5 Å². The van der Waals surface area contributed by atoms with Gasteiger partial charge in [-0.1, -0.05) is 6.07 Å². The average molecular weight is 241 g/mol. The van der Waals surface area contributed by atoms with Crippen LogP contribution in [-0.4, -0.2) is 22.6 Å². The first kappa shape index (κ1) is 11.2. The van der Waals surface area contributed by atoms with Gasteiger partial charge in [-0.05, 0) is 24.6 Å². The van der Waals surface area contributed by atoms with Crippen LogP contribution in [0.1, 0.15) is 12.5 Å². The summed E-state index contributed by atoms with van der Waals surface area (Å²) < 4.78 is 5.76. The van der Waals surface area contributed by atoms with Crippen molar-refractivity contribution in [2.75, 3.05) is 6.61 Å². The molecule has 0 unspecified atom stereocenters. The molecule has 92 valence electrons. The van der Waals surface area contributed by atoms with Gasteiger partial charge in [0.25, 0.3) is 0 Å². The molecule has 1 atom stereocenters. The lowest BCUT2D eigenvalue weighted by atomic mass is 10.0. The van der Waals surface area contributed by atoms with Gasteiger partial charge in [-0.3, -0.25) is 0 Å². The van der Waals surface area contributed by atoms with Crippen molar-refractivity contribution in [3.63, 3.8) is 0 Å². The molecule has 3 rings (SSSR count). The minimum absolute atomic E-state index is 0.376. The molecule has 1 N–H and O–H groups in total. The lowest BCUT2D eigenvalue weighted by molar-refractivity contribution is 0.287. The lowest BCUT2D eigenvalue weighted by Gasteiger charge is -2.09. The third-order valence-corrected chi connectivity index (χ3v) is 3.08. The summed E-state index contributed by atoms with van der Waals surface area (Å²) in [5.74, 6) is 0.965. The van der Waals surface area contributed by atoms with E-state index in [1.165, 1.54) is 5.56 Å². The Morgan fingerprint density at radius 3 is 2.89 bits per heavy atom. The van der Waals surface area contributed by atoms with Gasteiger partial charge in [-0.2, -0.15) is 0 Å². The SMILES string of the molecule is C[C@H]1COc2ccc(-c3cncnc3)cc2CN1. The second-order valence-corrected chi connectivity index (χ2v) is 4.54. The van der Waals surface area contributed by atoms with Crippen LogP contribution in [0.15, 0.2) is 36.9 Å². The Balaban J connectivity index is 1.96. The van der Waals surface area contributed by atoms with Crippen LogP contribution in [0, 0.1) is 0 Å². The van der Waals surface area contributed by atoms with Gasteiger partial charge in [0.15, 0.2) is 0 Å². The Kier molecular flexibility index (Phi) is 2.94. The third kappa shape index (κ3) is 2.19. The van der Waals surface area contributed by atoms with E-state index in [0.29, 0.717) is 12.6 Å². The topological polar surface area (TPSA) is 47.0 Å². The summed E-state index contributed by atoms with van der Waals surface area (Å²) in [7, 11) is 0. The van der Waals surface area contributed by atoms with Crippen molar-refractivity contribution in [2.24, 2.45) is 0 Å². The maximum atomic E-state index is 5.76. The Hall–Kier alpha value is -1.94. The molecule has 0 saturated heterocycles. The molecule has 4 heteroatoms. The monoisotopic (exact) mass is 241 g/mol. The van der Waals surface area contributed by atoms with E-state index in [9.17, 15) is 0 Å². The van der Waals surface area contributed by atoms with Gasteiger partial charge < -0.3 is 10.1 Å². The Bertz CT molecular complexity index is 542. The predicted octanol–water partition coefficient (Wildman–Crippen LogP) is 2.01. The molecule has 1 aliphatic rings. The minimum Gasteiger partial charge on any atom is -0.492 e. The van der Waals surface area contributed by atoms with E-state index in [0.717, 1.165) is 23.4 Å². The normalized spacial score (nSPS) is 18.6. The molecular weight excluding hydrogens is 226 g/mol. The summed E-state index contributed by atoms with van der Waals surface area (Å²) in [4.78, 5) is 8.09. The molecule has 0 radical (unpaired) electrons. The van der Waals surface area contributed by atoms with Crippen molar-refractivity contribution in [1.29, 1.82) is 0 Å². The van der Waals surface area contributed by atoms with E-state index in [2.05, 4.69) is 28.3 Å². The van der Waals surface area contributed by atoms with Gasteiger partial charge in [-0.25, -0.2) is 9.97 Å². The minimum atomic E-state index is 0.376. The molecular formula is C14H15N3O. The van der Waals surface area contributed by atoms with E-state index < -0.39 is 0 Å². The van der Waals surface area contributed by atoms with Crippen LogP contribution < -0.4 is 10.1 Å². The molecule has 2 heterocycles. The molecule has 0 fully saturated rings. The molecule has 1 aliphatic heterocycles. The van der Waals surface area contributed by atoms with Crippen LogP contribution in [-0.2, 0) is 6.54 Å². The predicted molar refractivity (Wildman–Crippen MR) is 69.3 cm³/mol. The maximum Gasteiger partial charge on any atom is 0.123 e. The molecule has 0 saturated carbocycles. The zero-order valence-electron chi connectivity index (χ0n) is 10.3. The highest BCUT2D eigenvalue weighted by Crippen LogP contribution is 2.27. The molecule has 0 aliphatic carbocycles. The second-order valence-electron chi connectivity index (χ2n) is 4.54. The molecule has 1 aromatic heterocycles. The number of fused-ring (bicyclic) bond motifs is 1. The van der Waals surface area contributed by atoms with Gasteiger partial charge in [0.05, 0.1) is 0 Å². The average Bonchev–Trinajstić information content (AvgIpc) is 2.62. The summed E-state index contributed by atoms with van der Waals surface area (Å²) in [5.41, 5.74) is 3.33. The van der Waals surface area contributed by atoms with Crippen molar-refractivity contribution in [3.8, 4) is 16.9 Å². The smallest absolute Gasteiger partial charge is 0.123 e. The van der Waals surface area contributed by atoms with E-state index in [1.807, 2.05) is 24.5 Å². The van der Waals surface area contributed by atoms with E-state index in [1.54, 1.807) is 6.33 Å². The summed E-state index contributed by atoms with van der Waals surface area (Å²) in [6, 6.07) is 6.59. The maximum absolute atomic E-state index is 5.76. The number of hydrogen-bond acceptors (Lipinski definition) is 4. The fourth-order valence-corrected chi connectivity index (χ4v) is 2.04. The van der Waals surface area contributed by atoms with Crippen LogP contribution in [0.4, 0.5) is 0 Å². The van der Waals surface area contributed by atoms with Crippen LogP contribution in [0.25, 0.3) is 11.1 Å². The first-order chi connectivity index (χ1) is 8.83. The van der Waals surface area contributed by atoms with E-state index in [-0.39, 0.29) is 0 Å². The highest BCUT2D eigenvalue weighted by molar-refractivity contribution is 5.64. The van der Waals surface area contributed by atoms with Crippen LogP contribution in [0.3, 0.4) is 0 Å². The van der Waals surface area contributed by atoms with Crippen molar-refractivity contribution >= 4 is 0 Å². The zero-order chi connectivity index (χ0) is 12.4. The summed E-state index contributed by atoms with van der Waals surface area (Å²) in [6.45, 7) is 3.66. The summed E-state index contributed by atoms with van der Waals surface area (Å²) in [6.07, 6.45) is 5.18. The van der Waals surface area contributed by atoms with Crippen LogP contribution in [0.5, 0.6) is 5.75 Å². The summed E-state index contributed by atoms with van der Waals surface area (Å²) >= 11 is 0. The molecule has 0 spiro atoms. The number of rotatable bonds is 1. The molecule has 0 amide bonds. The highest BCUT2D eigenvalue weighted by atomic mass is 16.5. The molecule has 1 aromatic carbocycles. The van der Waals surface area contributed by atoms with Crippen molar-refractivity contribution in [1.82, 2.24) is 15.3 Å². The van der Waals surface area contributed by atoms with E-state index >= 15 is 0 Å². The quantitative estimate of drug-likeness (QED) is 0.829. The van der Waals surface area contributed by atoms with Crippen LogP contribution in [0.2, 0.25) is 0 Å². The number of ether oxygens (including phenoxy) is 1. The summed E-state index contributed by atoms with van der Waals surface area (Å²) in [5, 5.41) is 3.42. The van der Waals surface area contributed by atoms with Gasteiger partial charge in [0.2, 0.25) is 0 Å². The van der Waals surface area contributed by atoms with Gasteiger partial charge in [-0.15, -0.1) is 0 Å². The third-order valence-electron chi connectivity index (χ3n) is 3.08. The standard InChI is InChI=1S/C14H15N3O/c1-10-8-18-14-3-2-11(4-12(14)7-17-10)13-5-15-9-16-6-13/h2-6,9-10,17H,7-8H2,1H3/t10-/m0/s1. The fraction of sp³-hybridized carbons (Fsp3) is 0.286. The largest absolute Gasteiger partial charge is 0.492 e. The number of hydrogen-bond donors (Lipinski definition) is 1. The molecule has 18 heavy (non-hydrogen) atoms. The Morgan fingerprint density at radius 2 is 2.06 bits per heavy atom. The van der Waals surface area contributed by atoms with Crippen LogP contribution >= 0.6 is 0 Å². The number of aromatic nitrogens is 2. The Labute approximate surface area is 106 Å². The number of nitrogens with one attached hydrogen (secondary N) is 1. The number of nitrogens with zero attached hydrogens (tertiary/aromatic N) is 2. The van der Waals surface area contributed by atoms with Gasteiger partial charge in [0.1, 0.15) is 18.7 Å². The molecule has 2 aromatic rings. The van der Waals surface area contributed by atoms with E-state index in [4.69, 9.17) is 4.74 Å². The second kappa shape index (κ2) is 4.74. The van der Waals surface area contributed by atoms with Crippen molar-refractivity contribution < 1.29 is 4.74 Å². The molecule has 0 bridgehead atoms. The fourth-order valence-electron chi connectivity index (χ4n) is 2.04. The number of benzene rings is 1. The van der Waals surface area contributed by atoms with Gasteiger partial charge in [0, 0.05) is 36.1 Å².